The molecule has 1 rings (SSSR count). The zero-order valence-corrected chi connectivity index (χ0v) is 12.5. The molecule has 1 aromatic carbocycles. The van der Waals surface area contributed by atoms with E-state index in [9.17, 15) is 12.8 Å². The molecule has 2 N–H and O–H groups in total. The Morgan fingerprint density at radius 2 is 1.89 bits per heavy atom. The van der Waals surface area contributed by atoms with Crippen LogP contribution < -0.4 is 10.0 Å². The van der Waals surface area contributed by atoms with Crippen molar-refractivity contribution in [2.75, 3.05) is 7.05 Å². The summed E-state index contributed by atoms with van der Waals surface area (Å²) < 4.78 is 40.5. The normalized spacial score (nSPS) is 13.8. The quantitative estimate of drug-likeness (QED) is 0.840. The first kappa shape index (κ1) is 16.1. The van der Waals surface area contributed by atoms with Gasteiger partial charge < -0.3 is 5.32 Å². The lowest BCUT2D eigenvalue weighted by Gasteiger charge is -2.18. The molecule has 0 aliphatic carbocycles. The average molecular weight is 288 g/mol. The van der Waals surface area contributed by atoms with Gasteiger partial charge in [0.05, 0.1) is 0 Å². The maximum absolute atomic E-state index is 13.9. The topological polar surface area (TPSA) is 58.2 Å². The molecule has 0 bridgehead atoms. The van der Waals surface area contributed by atoms with Gasteiger partial charge in [-0.2, -0.15) is 0 Å². The SMILES string of the molecule is CNCc1ccc(S(=O)(=O)NC(C)C(C)C)c(F)c1. The monoisotopic (exact) mass is 288 g/mol. The summed E-state index contributed by atoms with van der Waals surface area (Å²) in [5.74, 6) is -0.586. The Morgan fingerprint density at radius 1 is 1.26 bits per heavy atom. The Labute approximate surface area is 114 Å². The summed E-state index contributed by atoms with van der Waals surface area (Å²) in [4.78, 5) is -0.306. The van der Waals surface area contributed by atoms with E-state index >= 15 is 0 Å². The van der Waals surface area contributed by atoms with Crippen LogP contribution in [-0.2, 0) is 16.6 Å². The maximum Gasteiger partial charge on any atom is 0.243 e. The summed E-state index contributed by atoms with van der Waals surface area (Å²) in [7, 11) is -2.07. The third-order valence-corrected chi connectivity index (χ3v) is 4.60. The molecule has 1 atom stereocenters. The molecule has 0 saturated heterocycles. The molecule has 0 aliphatic rings. The number of rotatable bonds is 6. The van der Waals surface area contributed by atoms with Gasteiger partial charge in [0.1, 0.15) is 10.7 Å². The minimum Gasteiger partial charge on any atom is -0.316 e. The molecule has 1 aromatic rings. The molecular weight excluding hydrogens is 267 g/mol. The highest BCUT2D eigenvalue weighted by atomic mass is 32.2. The van der Waals surface area contributed by atoms with Crippen LogP contribution in [0.2, 0.25) is 0 Å². The van der Waals surface area contributed by atoms with Gasteiger partial charge in [-0.1, -0.05) is 19.9 Å². The Bertz CT molecular complexity index is 529. The number of sulfonamides is 1. The van der Waals surface area contributed by atoms with Crippen LogP contribution >= 0.6 is 0 Å². The summed E-state index contributed by atoms with van der Waals surface area (Å²) in [5, 5.41) is 2.88. The molecular formula is C13H21FN2O2S. The molecule has 0 spiro atoms. The third-order valence-electron chi connectivity index (χ3n) is 3.01. The van der Waals surface area contributed by atoms with Crippen LogP contribution in [0, 0.1) is 11.7 Å². The second-order valence-corrected chi connectivity index (χ2v) is 6.63. The van der Waals surface area contributed by atoms with Crippen LogP contribution in [0.5, 0.6) is 0 Å². The van der Waals surface area contributed by atoms with Crippen LogP contribution in [0.3, 0.4) is 0 Å². The maximum atomic E-state index is 13.9. The molecule has 0 aliphatic heterocycles. The second kappa shape index (κ2) is 6.45. The predicted octanol–water partition coefficient (Wildman–Crippen LogP) is 1.87. The number of hydrogen-bond acceptors (Lipinski definition) is 3. The van der Waals surface area contributed by atoms with Gasteiger partial charge in [-0.3, -0.25) is 0 Å². The summed E-state index contributed by atoms with van der Waals surface area (Å²) in [6.45, 7) is 6.06. The van der Waals surface area contributed by atoms with Gasteiger partial charge >= 0.3 is 0 Å². The largest absolute Gasteiger partial charge is 0.316 e. The van der Waals surface area contributed by atoms with Crippen molar-refractivity contribution in [2.45, 2.75) is 38.3 Å². The molecule has 0 aromatic heterocycles. The van der Waals surface area contributed by atoms with Crippen LogP contribution in [0.4, 0.5) is 4.39 Å². The Balaban J connectivity index is 3.02. The molecule has 1 unspecified atom stereocenters. The van der Waals surface area contributed by atoms with Gasteiger partial charge in [-0.15, -0.1) is 0 Å². The average Bonchev–Trinajstić information content (AvgIpc) is 2.28. The lowest BCUT2D eigenvalue weighted by atomic mass is 10.1. The van der Waals surface area contributed by atoms with Gasteiger partial charge in [0.25, 0.3) is 0 Å². The van der Waals surface area contributed by atoms with E-state index in [1.807, 2.05) is 13.8 Å². The van der Waals surface area contributed by atoms with Gasteiger partial charge in [0.15, 0.2) is 0 Å². The van der Waals surface area contributed by atoms with Crippen LogP contribution in [0.15, 0.2) is 23.1 Å². The fourth-order valence-electron chi connectivity index (χ4n) is 1.52. The lowest BCUT2D eigenvalue weighted by molar-refractivity contribution is 0.473. The fourth-order valence-corrected chi connectivity index (χ4v) is 2.97. The highest BCUT2D eigenvalue weighted by Gasteiger charge is 2.22. The van der Waals surface area contributed by atoms with Crippen LogP contribution in [0.1, 0.15) is 26.3 Å². The van der Waals surface area contributed by atoms with Gasteiger partial charge in [0.2, 0.25) is 10.0 Å². The third kappa shape index (κ3) is 4.26. The van der Waals surface area contributed by atoms with E-state index in [-0.39, 0.29) is 16.9 Å². The summed E-state index contributed by atoms with van der Waals surface area (Å²) >= 11 is 0. The summed E-state index contributed by atoms with van der Waals surface area (Å²) in [5.41, 5.74) is 0.704. The van der Waals surface area contributed by atoms with Crippen molar-refractivity contribution in [1.29, 1.82) is 0 Å². The predicted molar refractivity (Wildman–Crippen MR) is 73.8 cm³/mol. The van der Waals surface area contributed by atoms with Crippen molar-refractivity contribution in [3.8, 4) is 0 Å². The van der Waals surface area contributed by atoms with E-state index in [1.165, 1.54) is 12.1 Å². The Morgan fingerprint density at radius 3 is 2.37 bits per heavy atom. The number of nitrogens with one attached hydrogen (secondary N) is 2. The van der Waals surface area contributed by atoms with Crippen molar-refractivity contribution in [2.24, 2.45) is 5.92 Å². The first-order chi connectivity index (χ1) is 8.77. The van der Waals surface area contributed by atoms with Crippen LogP contribution in [0.25, 0.3) is 0 Å². The molecule has 4 nitrogen and oxygen atoms in total. The standard InChI is InChI=1S/C13H21FN2O2S/c1-9(2)10(3)16-19(17,18)13-6-5-11(8-15-4)7-12(13)14/h5-7,9-10,15-16H,8H2,1-4H3. The Hall–Kier alpha value is -0.980. The molecule has 19 heavy (non-hydrogen) atoms. The molecule has 0 saturated carbocycles. The van der Waals surface area contributed by atoms with Crippen molar-refractivity contribution in [1.82, 2.24) is 10.0 Å². The molecule has 0 fully saturated rings. The first-order valence-corrected chi connectivity index (χ1v) is 7.71. The minimum atomic E-state index is -3.81. The van der Waals surface area contributed by atoms with Gasteiger partial charge in [-0.05, 0) is 37.6 Å². The van der Waals surface area contributed by atoms with Crippen molar-refractivity contribution in [3.05, 3.63) is 29.6 Å². The molecule has 0 amide bonds. The molecule has 0 radical (unpaired) electrons. The zero-order valence-electron chi connectivity index (χ0n) is 11.7. The lowest BCUT2D eigenvalue weighted by Crippen LogP contribution is -2.36. The summed E-state index contributed by atoms with van der Waals surface area (Å²) in [6, 6.07) is 3.90. The number of hydrogen-bond donors (Lipinski definition) is 2. The van der Waals surface area contributed by atoms with E-state index in [0.29, 0.717) is 12.1 Å². The van der Waals surface area contributed by atoms with E-state index < -0.39 is 15.8 Å². The van der Waals surface area contributed by atoms with E-state index in [0.717, 1.165) is 0 Å². The van der Waals surface area contributed by atoms with Crippen LogP contribution in [-0.4, -0.2) is 21.5 Å². The molecule has 0 heterocycles. The van der Waals surface area contributed by atoms with E-state index in [1.54, 1.807) is 20.0 Å². The smallest absolute Gasteiger partial charge is 0.243 e. The van der Waals surface area contributed by atoms with Crippen molar-refractivity contribution >= 4 is 10.0 Å². The van der Waals surface area contributed by atoms with E-state index in [2.05, 4.69) is 10.0 Å². The Kier molecular flexibility index (Phi) is 5.46. The number of benzene rings is 1. The highest BCUT2D eigenvalue weighted by molar-refractivity contribution is 7.89. The van der Waals surface area contributed by atoms with Crippen molar-refractivity contribution < 1.29 is 12.8 Å². The zero-order chi connectivity index (χ0) is 14.6. The molecule has 108 valence electrons. The van der Waals surface area contributed by atoms with Gasteiger partial charge in [-0.25, -0.2) is 17.5 Å². The second-order valence-electron chi connectivity index (χ2n) is 4.95. The first-order valence-electron chi connectivity index (χ1n) is 6.23. The number of halogens is 1. The molecule has 6 heteroatoms. The van der Waals surface area contributed by atoms with E-state index in [4.69, 9.17) is 0 Å². The fraction of sp³-hybridized carbons (Fsp3) is 0.538. The minimum absolute atomic E-state index is 0.140. The van der Waals surface area contributed by atoms with Crippen molar-refractivity contribution in [3.63, 3.8) is 0 Å². The highest BCUT2D eigenvalue weighted by Crippen LogP contribution is 2.17. The van der Waals surface area contributed by atoms with Gasteiger partial charge in [0, 0.05) is 12.6 Å². The summed E-state index contributed by atoms with van der Waals surface area (Å²) in [6.07, 6.45) is 0.